The molecule has 0 amide bonds. The zero-order chi connectivity index (χ0) is 15.7. The molecule has 7 nitrogen and oxygen atoms in total. The molecule has 22 heavy (non-hydrogen) atoms. The lowest BCUT2D eigenvalue weighted by Crippen LogP contribution is -2.03. The Hall–Kier alpha value is -2.48. The van der Waals surface area contributed by atoms with Gasteiger partial charge in [-0.05, 0) is 18.2 Å². The van der Waals surface area contributed by atoms with Crippen LogP contribution in [-0.2, 0) is 16.9 Å². The van der Waals surface area contributed by atoms with Crippen LogP contribution in [0.15, 0.2) is 46.1 Å². The summed E-state index contributed by atoms with van der Waals surface area (Å²) in [7, 11) is -1.48. The summed E-state index contributed by atoms with van der Waals surface area (Å²) in [6.45, 7) is 1.61. The number of aromatic nitrogens is 4. The van der Waals surface area contributed by atoms with Gasteiger partial charge in [-0.15, -0.1) is 0 Å². The van der Waals surface area contributed by atoms with Gasteiger partial charge in [0.15, 0.2) is 9.84 Å². The second kappa shape index (κ2) is 5.38. The summed E-state index contributed by atoms with van der Waals surface area (Å²) in [5, 5.41) is 7.95. The minimum absolute atomic E-state index is 0.0429. The number of hydrogen-bond acceptors (Lipinski definition) is 6. The molecule has 0 aliphatic carbocycles. The van der Waals surface area contributed by atoms with Gasteiger partial charge in [-0.25, -0.2) is 8.42 Å². The maximum atomic E-state index is 11.9. The minimum atomic E-state index is -3.27. The Morgan fingerprint density at radius 2 is 2.09 bits per heavy atom. The average molecular weight is 318 g/mol. The molecule has 0 saturated heterocycles. The summed E-state index contributed by atoms with van der Waals surface area (Å²) in [4.78, 5) is 4.53. The van der Waals surface area contributed by atoms with E-state index in [-0.39, 0.29) is 16.5 Å². The van der Waals surface area contributed by atoms with E-state index in [1.54, 1.807) is 55.3 Å². The molecule has 0 spiro atoms. The molecule has 0 fully saturated rings. The first-order valence-corrected chi connectivity index (χ1v) is 8.31. The molecule has 3 aromatic rings. The molecular weight excluding hydrogens is 304 g/mol. The summed E-state index contributed by atoms with van der Waals surface area (Å²) in [6, 6.07) is 6.49. The van der Waals surface area contributed by atoms with E-state index >= 15 is 0 Å². The van der Waals surface area contributed by atoms with Crippen molar-refractivity contribution in [2.75, 3.05) is 5.75 Å². The first-order valence-electron chi connectivity index (χ1n) is 6.65. The fourth-order valence-corrected chi connectivity index (χ4v) is 2.91. The van der Waals surface area contributed by atoms with Gasteiger partial charge >= 0.3 is 0 Å². The normalized spacial score (nSPS) is 11.7. The monoisotopic (exact) mass is 318 g/mol. The smallest absolute Gasteiger partial charge is 0.258 e. The van der Waals surface area contributed by atoms with E-state index in [9.17, 15) is 8.42 Å². The largest absolute Gasteiger partial charge is 0.334 e. The van der Waals surface area contributed by atoms with Gasteiger partial charge in [-0.1, -0.05) is 18.1 Å². The number of rotatable bonds is 4. The van der Waals surface area contributed by atoms with E-state index in [1.807, 2.05) is 0 Å². The van der Waals surface area contributed by atoms with Crippen LogP contribution in [0.1, 0.15) is 6.92 Å². The van der Waals surface area contributed by atoms with Crippen LogP contribution in [0.4, 0.5) is 0 Å². The summed E-state index contributed by atoms with van der Waals surface area (Å²) < 4.78 is 30.7. The molecule has 1 aromatic carbocycles. The molecule has 8 heteroatoms. The van der Waals surface area contributed by atoms with Gasteiger partial charge in [0.1, 0.15) is 0 Å². The van der Waals surface area contributed by atoms with Gasteiger partial charge in [-0.2, -0.15) is 10.1 Å². The molecule has 0 unspecified atom stereocenters. The Balaban J connectivity index is 1.99. The highest BCUT2D eigenvalue weighted by Gasteiger charge is 2.16. The van der Waals surface area contributed by atoms with Crippen LogP contribution in [0.5, 0.6) is 0 Å². The van der Waals surface area contributed by atoms with E-state index in [4.69, 9.17) is 4.52 Å². The highest BCUT2D eigenvalue weighted by Crippen LogP contribution is 2.24. The lowest BCUT2D eigenvalue weighted by Gasteiger charge is -2.02. The molecule has 0 bridgehead atoms. The maximum Gasteiger partial charge on any atom is 0.258 e. The lowest BCUT2D eigenvalue weighted by molar-refractivity contribution is 0.432. The molecule has 0 aliphatic rings. The average Bonchev–Trinajstić information content (AvgIpc) is 3.16. The minimum Gasteiger partial charge on any atom is -0.334 e. The summed E-state index contributed by atoms with van der Waals surface area (Å²) in [5.74, 6) is 0.722. The van der Waals surface area contributed by atoms with E-state index in [2.05, 4.69) is 15.2 Å². The van der Waals surface area contributed by atoms with Crippen molar-refractivity contribution in [1.29, 1.82) is 0 Å². The van der Waals surface area contributed by atoms with Crippen LogP contribution >= 0.6 is 0 Å². The van der Waals surface area contributed by atoms with Gasteiger partial charge in [-0.3, -0.25) is 4.68 Å². The maximum absolute atomic E-state index is 11.9. The van der Waals surface area contributed by atoms with Crippen molar-refractivity contribution in [2.45, 2.75) is 11.8 Å². The Labute approximate surface area is 127 Å². The van der Waals surface area contributed by atoms with E-state index < -0.39 is 9.84 Å². The molecule has 0 radical (unpaired) electrons. The summed E-state index contributed by atoms with van der Waals surface area (Å²) in [5.41, 5.74) is 1.30. The zero-order valence-electron chi connectivity index (χ0n) is 12.1. The third-order valence-electron chi connectivity index (χ3n) is 3.21. The SMILES string of the molecule is CCS(=O)(=O)c1cccc(-c2nc(-c3cnn(C)c3)no2)c1. The second-order valence-corrected chi connectivity index (χ2v) is 7.04. The van der Waals surface area contributed by atoms with Crippen LogP contribution in [0, 0.1) is 0 Å². The van der Waals surface area contributed by atoms with Crippen molar-refractivity contribution in [3.63, 3.8) is 0 Å². The summed E-state index contributed by atoms with van der Waals surface area (Å²) >= 11 is 0. The predicted molar refractivity (Wildman–Crippen MR) is 79.7 cm³/mol. The van der Waals surface area contributed by atoms with Crippen molar-refractivity contribution in [2.24, 2.45) is 7.05 Å². The number of aryl methyl sites for hydroxylation is 1. The standard InChI is InChI=1S/C14H14N4O3S/c1-3-22(19,20)12-6-4-5-10(7-12)14-16-13(17-21-14)11-8-15-18(2)9-11/h4-9H,3H2,1-2H3. The predicted octanol–water partition coefficient (Wildman–Crippen LogP) is 1.93. The molecule has 0 N–H and O–H groups in total. The van der Waals surface area contributed by atoms with Gasteiger partial charge in [0.05, 0.1) is 22.4 Å². The van der Waals surface area contributed by atoms with Crippen molar-refractivity contribution < 1.29 is 12.9 Å². The van der Waals surface area contributed by atoms with Gasteiger partial charge in [0.25, 0.3) is 5.89 Å². The Kier molecular flexibility index (Phi) is 3.53. The lowest BCUT2D eigenvalue weighted by atomic mass is 10.2. The number of nitrogens with zero attached hydrogens (tertiary/aromatic N) is 4. The van der Waals surface area contributed by atoms with Crippen molar-refractivity contribution in [3.8, 4) is 22.8 Å². The van der Waals surface area contributed by atoms with Crippen LogP contribution in [0.25, 0.3) is 22.8 Å². The molecular formula is C14H14N4O3S. The fraction of sp³-hybridized carbons (Fsp3) is 0.214. The van der Waals surface area contributed by atoms with Crippen molar-refractivity contribution in [3.05, 3.63) is 36.7 Å². The number of benzene rings is 1. The third-order valence-corrected chi connectivity index (χ3v) is 4.94. The van der Waals surface area contributed by atoms with Crippen LogP contribution in [0.3, 0.4) is 0 Å². The Bertz CT molecular complexity index is 912. The first-order chi connectivity index (χ1) is 10.5. The molecule has 2 heterocycles. The van der Waals surface area contributed by atoms with Crippen LogP contribution in [0.2, 0.25) is 0 Å². The zero-order valence-corrected chi connectivity index (χ0v) is 12.9. The van der Waals surface area contributed by atoms with Gasteiger partial charge in [0.2, 0.25) is 5.82 Å². The van der Waals surface area contributed by atoms with E-state index in [0.29, 0.717) is 11.4 Å². The molecule has 114 valence electrons. The topological polar surface area (TPSA) is 90.9 Å². The Morgan fingerprint density at radius 3 is 2.77 bits per heavy atom. The summed E-state index contributed by atoms with van der Waals surface area (Å²) in [6.07, 6.45) is 3.40. The first kappa shape index (κ1) is 14.5. The van der Waals surface area contributed by atoms with Gasteiger partial charge in [0, 0.05) is 18.8 Å². The van der Waals surface area contributed by atoms with Crippen molar-refractivity contribution in [1.82, 2.24) is 19.9 Å². The van der Waals surface area contributed by atoms with Crippen LogP contribution in [-0.4, -0.2) is 34.1 Å². The molecule has 0 saturated carbocycles. The quantitative estimate of drug-likeness (QED) is 0.730. The highest BCUT2D eigenvalue weighted by atomic mass is 32.2. The van der Waals surface area contributed by atoms with E-state index in [1.165, 1.54) is 0 Å². The van der Waals surface area contributed by atoms with Crippen molar-refractivity contribution >= 4 is 9.84 Å². The molecule has 3 rings (SSSR count). The molecule has 0 atom stereocenters. The fourth-order valence-electron chi connectivity index (χ4n) is 1.98. The van der Waals surface area contributed by atoms with E-state index in [0.717, 1.165) is 5.56 Å². The molecule has 0 aliphatic heterocycles. The Morgan fingerprint density at radius 1 is 1.27 bits per heavy atom. The van der Waals surface area contributed by atoms with Crippen LogP contribution < -0.4 is 0 Å². The number of sulfone groups is 1. The third kappa shape index (κ3) is 2.64. The second-order valence-electron chi connectivity index (χ2n) is 4.76. The number of hydrogen-bond donors (Lipinski definition) is 0. The van der Waals surface area contributed by atoms with Gasteiger partial charge < -0.3 is 4.52 Å². The highest BCUT2D eigenvalue weighted by molar-refractivity contribution is 7.91. The molecule has 2 aromatic heterocycles.